The Morgan fingerprint density at radius 3 is 2.51 bits per heavy atom. The second-order valence-electron chi connectivity index (χ2n) is 8.58. The second-order valence-corrected chi connectivity index (χ2v) is 11.1. The van der Waals surface area contributed by atoms with E-state index in [9.17, 15) is 21.6 Å². The molecule has 0 amide bonds. The van der Waals surface area contributed by atoms with E-state index in [1.165, 1.54) is 12.1 Å². The maximum atomic E-state index is 13.0. The molecule has 3 atom stereocenters. The maximum absolute atomic E-state index is 13.0. The van der Waals surface area contributed by atoms with Crippen molar-refractivity contribution in [1.82, 2.24) is 0 Å². The Morgan fingerprint density at radius 2 is 1.77 bits per heavy atom. The monoisotopic (exact) mass is 538 g/mol. The van der Waals surface area contributed by atoms with Crippen LogP contribution in [0.25, 0.3) is 0 Å². The number of sulfonamides is 1. The zero-order valence-electron chi connectivity index (χ0n) is 18.0. The molecule has 2 aliphatic rings. The van der Waals surface area contributed by atoms with Gasteiger partial charge in [-0.15, -0.1) is 0 Å². The van der Waals surface area contributed by atoms with Gasteiger partial charge in [-0.05, 0) is 72.0 Å². The van der Waals surface area contributed by atoms with E-state index in [1.54, 1.807) is 18.2 Å². The minimum Gasteiger partial charge on any atom is -0.378 e. The summed E-state index contributed by atoms with van der Waals surface area (Å²) in [6.45, 7) is 0. The fourth-order valence-electron chi connectivity index (χ4n) is 4.75. The normalized spacial score (nSPS) is 21.2. The molecule has 0 aromatic heterocycles. The third kappa shape index (κ3) is 4.62. The molecule has 0 bridgehead atoms. The number of anilines is 2. The molecule has 10 heteroatoms. The van der Waals surface area contributed by atoms with Crippen LogP contribution in [0.15, 0.2) is 77.7 Å². The molecular weight excluding hydrogens is 520 g/mol. The summed E-state index contributed by atoms with van der Waals surface area (Å²) in [5.74, 6) is 0.100. The summed E-state index contributed by atoms with van der Waals surface area (Å²) in [7, 11) is -4.12. The Morgan fingerprint density at radius 1 is 0.971 bits per heavy atom. The van der Waals surface area contributed by atoms with E-state index in [4.69, 9.17) is 23.2 Å². The Labute approximate surface area is 210 Å². The van der Waals surface area contributed by atoms with Gasteiger partial charge in [0.2, 0.25) is 0 Å². The van der Waals surface area contributed by atoms with Crippen LogP contribution in [0.1, 0.15) is 35.1 Å². The van der Waals surface area contributed by atoms with Gasteiger partial charge in [-0.3, -0.25) is 4.72 Å². The predicted octanol–water partition coefficient (Wildman–Crippen LogP) is 7.64. The molecule has 182 valence electrons. The fraction of sp³-hybridized carbons (Fsp3) is 0.200. The molecule has 2 N–H and O–H groups in total. The van der Waals surface area contributed by atoms with Gasteiger partial charge in [0.25, 0.3) is 10.0 Å². The van der Waals surface area contributed by atoms with Gasteiger partial charge in [0.05, 0.1) is 26.5 Å². The highest BCUT2D eigenvalue weighted by Gasteiger charge is 2.38. The molecule has 3 unspecified atom stereocenters. The fourth-order valence-corrected chi connectivity index (χ4v) is 6.14. The summed E-state index contributed by atoms with van der Waals surface area (Å²) in [6, 6.07) is 14.3. The van der Waals surface area contributed by atoms with Crippen molar-refractivity contribution < 1.29 is 21.6 Å². The number of hydrogen-bond donors (Lipinski definition) is 2. The zero-order chi connectivity index (χ0) is 25.0. The smallest absolute Gasteiger partial charge is 0.378 e. The average Bonchev–Trinajstić information content (AvgIpc) is 3.30. The summed E-state index contributed by atoms with van der Waals surface area (Å²) in [4.78, 5) is -0.0255. The van der Waals surface area contributed by atoms with E-state index in [0.29, 0.717) is 10.0 Å². The molecular formula is C25H19Cl2F3N2O2S. The minimum absolute atomic E-state index is 0.0255. The highest BCUT2D eigenvalue weighted by atomic mass is 35.5. The van der Waals surface area contributed by atoms with Crippen LogP contribution >= 0.6 is 23.2 Å². The molecule has 0 spiro atoms. The summed E-state index contributed by atoms with van der Waals surface area (Å²) in [6.07, 6.45) is 0.347. The van der Waals surface area contributed by atoms with E-state index < -0.39 is 21.8 Å². The van der Waals surface area contributed by atoms with Gasteiger partial charge in [-0.2, -0.15) is 13.2 Å². The Bertz CT molecular complexity index is 1440. The molecule has 0 radical (unpaired) electrons. The number of benzene rings is 3. The standard InChI is InChI=1S/C25H19Cl2F3N2O2S/c26-21-9-7-14(11-22(21)27)24-19-6-2-5-18(19)20-13-17(8-10-23(20)31-24)35(33,34)32-16-4-1-3-15(12-16)25(28,29)30/h1-5,7-13,18-19,24,31-32H,6H2. The maximum Gasteiger partial charge on any atom is 0.416 e. The van der Waals surface area contributed by atoms with Gasteiger partial charge in [-0.25, -0.2) is 8.42 Å². The first kappa shape index (κ1) is 24.0. The van der Waals surface area contributed by atoms with E-state index in [1.807, 2.05) is 12.1 Å². The van der Waals surface area contributed by atoms with Crippen LogP contribution in [0.3, 0.4) is 0 Å². The Balaban J connectivity index is 1.47. The molecule has 5 rings (SSSR count). The summed E-state index contributed by atoms with van der Waals surface area (Å²) in [5.41, 5.74) is 1.49. The highest BCUT2D eigenvalue weighted by molar-refractivity contribution is 7.92. The zero-order valence-corrected chi connectivity index (χ0v) is 20.3. The van der Waals surface area contributed by atoms with Crippen LogP contribution < -0.4 is 10.0 Å². The van der Waals surface area contributed by atoms with Crippen LogP contribution in [-0.4, -0.2) is 8.42 Å². The van der Waals surface area contributed by atoms with Crippen LogP contribution in [-0.2, 0) is 16.2 Å². The van der Waals surface area contributed by atoms with Crippen molar-refractivity contribution in [3.63, 3.8) is 0 Å². The van der Waals surface area contributed by atoms with Crippen LogP contribution in [0.4, 0.5) is 24.5 Å². The van der Waals surface area contributed by atoms with Crippen molar-refractivity contribution in [3.8, 4) is 0 Å². The molecule has 4 nitrogen and oxygen atoms in total. The van der Waals surface area contributed by atoms with Crippen LogP contribution in [0, 0.1) is 5.92 Å². The first-order chi connectivity index (χ1) is 16.5. The van der Waals surface area contributed by atoms with Gasteiger partial charge in [0, 0.05) is 17.3 Å². The molecule has 0 fully saturated rings. The number of alkyl halides is 3. The molecule has 0 saturated heterocycles. The Kier molecular flexibility index (Phi) is 6.02. The number of rotatable bonds is 4. The number of hydrogen-bond acceptors (Lipinski definition) is 3. The summed E-state index contributed by atoms with van der Waals surface area (Å²) < 4.78 is 67.4. The molecule has 1 heterocycles. The lowest BCUT2D eigenvalue weighted by atomic mass is 9.77. The third-order valence-electron chi connectivity index (χ3n) is 6.39. The van der Waals surface area contributed by atoms with E-state index in [2.05, 4.69) is 22.2 Å². The van der Waals surface area contributed by atoms with E-state index >= 15 is 0 Å². The molecule has 1 aliphatic carbocycles. The van der Waals surface area contributed by atoms with Gasteiger partial charge in [0.15, 0.2) is 0 Å². The third-order valence-corrected chi connectivity index (χ3v) is 8.51. The minimum atomic E-state index is -4.58. The van der Waals surface area contributed by atoms with Crippen LogP contribution in [0.5, 0.6) is 0 Å². The van der Waals surface area contributed by atoms with E-state index in [0.717, 1.165) is 41.4 Å². The average molecular weight is 539 g/mol. The molecule has 0 saturated carbocycles. The lowest BCUT2D eigenvalue weighted by Crippen LogP contribution is -2.29. The summed E-state index contributed by atoms with van der Waals surface area (Å²) >= 11 is 12.3. The first-order valence-electron chi connectivity index (χ1n) is 10.7. The van der Waals surface area contributed by atoms with Crippen molar-refractivity contribution in [3.05, 3.63) is 99.6 Å². The molecule has 35 heavy (non-hydrogen) atoms. The number of halogens is 5. The topological polar surface area (TPSA) is 58.2 Å². The number of fused-ring (bicyclic) bond motifs is 3. The van der Waals surface area contributed by atoms with Crippen molar-refractivity contribution in [2.75, 3.05) is 10.0 Å². The lowest BCUT2D eigenvalue weighted by molar-refractivity contribution is -0.137. The van der Waals surface area contributed by atoms with Gasteiger partial charge in [0.1, 0.15) is 0 Å². The van der Waals surface area contributed by atoms with Gasteiger partial charge >= 0.3 is 6.18 Å². The number of allylic oxidation sites excluding steroid dienone is 2. The SMILES string of the molecule is O=S(=O)(Nc1cccc(C(F)(F)F)c1)c1ccc2c(c1)C1C=CCC1C(c1ccc(Cl)c(Cl)c1)N2. The van der Waals surface area contributed by atoms with Crippen molar-refractivity contribution in [1.29, 1.82) is 0 Å². The summed E-state index contributed by atoms with van der Waals surface area (Å²) in [5, 5.41) is 4.43. The molecule has 1 aliphatic heterocycles. The Hall–Kier alpha value is -2.68. The van der Waals surface area contributed by atoms with E-state index in [-0.39, 0.29) is 28.5 Å². The van der Waals surface area contributed by atoms with Gasteiger partial charge in [-0.1, -0.05) is 47.5 Å². The molecule has 3 aromatic rings. The lowest BCUT2D eigenvalue weighted by Gasteiger charge is -2.37. The van der Waals surface area contributed by atoms with Gasteiger partial charge < -0.3 is 5.32 Å². The number of nitrogens with one attached hydrogen (secondary N) is 2. The quantitative estimate of drug-likeness (QED) is 0.335. The van der Waals surface area contributed by atoms with Crippen molar-refractivity contribution >= 4 is 44.6 Å². The van der Waals surface area contributed by atoms with Crippen LogP contribution in [0.2, 0.25) is 10.0 Å². The predicted molar refractivity (Wildman–Crippen MR) is 132 cm³/mol. The second kappa shape index (κ2) is 8.76. The molecule has 3 aromatic carbocycles. The highest BCUT2D eigenvalue weighted by Crippen LogP contribution is 2.50. The largest absolute Gasteiger partial charge is 0.416 e. The van der Waals surface area contributed by atoms with Crippen molar-refractivity contribution in [2.24, 2.45) is 5.92 Å². The van der Waals surface area contributed by atoms with Crippen molar-refractivity contribution in [2.45, 2.75) is 29.5 Å². The first-order valence-corrected chi connectivity index (χ1v) is 13.0.